The lowest BCUT2D eigenvalue weighted by atomic mass is 10.1. The maximum atomic E-state index is 12.8. The van der Waals surface area contributed by atoms with Crippen LogP contribution in [-0.2, 0) is 6.42 Å². The first-order chi connectivity index (χ1) is 14.2. The predicted octanol–water partition coefficient (Wildman–Crippen LogP) is 3.64. The quantitative estimate of drug-likeness (QED) is 0.686. The van der Waals surface area contributed by atoms with Crippen LogP contribution in [0.1, 0.15) is 33.2 Å². The van der Waals surface area contributed by atoms with Gasteiger partial charge in [-0.05, 0) is 60.5 Å². The molecular weight excluding hydrogens is 362 g/mol. The molecule has 0 saturated carbocycles. The maximum Gasteiger partial charge on any atom is 0.253 e. The Kier molecular flexibility index (Phi) is 5.47. The number of benzene rings is 2. The largest absolute Gasteiger partial charge is 0.335 e. The Morgan fingerprint density at radius 2 is 1.17 bits per heavy atom. The first kappa shape index (κ1) is 19.0. The Morgan fingerprint density at radius 3 is 1.62 bits per heavy atom. The smallest absolute Gasteiger partial charge is 0.253 e. The zero-order chi connectivity index (χ0) is 20.2. The molecule has 3 aromatic rings. The fourth-order valence-corrected chi connectivity index (χ4v) is 3.64. The van der Waals surface area contributed by atoms with Crippen molar-refractivity contribution in [2.45, 2.75) is 13.3 Å². The van der Waals surface area contributed by atoms with Crippen LogP contribution in [0.2, 0.25) is 0 Å². The highest BCUT2D eigenvalue weighted by Gasteiger charge is 2.25. The van der Waals surface area contributed by atoms with E-state index in [0.717, 1.165) is 12.1 Å². The topological polar surface area (TPSA) is 45.6 Å². The number of rotatable bonds is 4. The predicted molar refractivity (Wildman–Crippen MR) is 113 cm³/mol. The number of aryl methyl sites for hydroxylation is 1. The van der Waals surface area contributed by atoms with Gasteiger partial charge < -0.3 is 14.4 Å². The molecule has 0 radical (unpaired) electrons. The van der Waals surface area contributed by atoms with E-state index < -0.39 is 0 Å². The van der Waals surface area contributed by atoms with E-state index in [2.05, 4.69) is 6.92 Å². The molecule has 2 aromatic carbocycles. The van der Waals surface area contributed by atoms with Crippen LogP contribution in [0.3, 0.4) is 0 Å². The number of hydrogen-bond acceptors (Lipinski definition) is 2. The number of nitrogens with zero attached hydrogens (tertiary/aromatic N) is 3. The van der Waals surface area contributed by atoms with Gasteiger partial charge in [0.2, 0.25) is 0 Å². The van der Waals surface area contributed by atoms with E-state index in [1.807, 2.05) is 87.4 Å². The van der Waals surface area contributed by atoms with Crippen LogP contribution in [0.5, 0.6) is 0 Å². The Hall–Kier alpha value is -3.34. The number of piperazine rings is 1. The summed E-state index contributed by atoms with van der Waals surface area (Å²) in [6, 6.07) is 19.4. The lowest BCUT2D eigenvalue weighted by molar-refractivity contribution is 0.0535. The molecule has 1 aliphatic rings. The van der Waals surface area contributed by atoms with Gasteiger partial charge in [0, 0.05) is 55.4 Å². The van der Waals surface area contributed by atoms with Crippen molar-refractivity contribution < 1.29 is 9.59 Å². The van der Waals surface area contributed by atoms with Gasteiger partial charge in [-0.3, -0.25) is 9.59 Å². The minimum absolute atomic E-state index is 0.0171. The Labute approximate surface area is 171 Å². The van der Waals surface area contributed by atoms with Crippen LogP contribution < -0.4 is 0 Å². The van der Waals surface area contributed by atoms with E-state index in [0.29, 0.717) is 37.3 Å². The van der Waals surface area contributed by atoms with Gasteiger partial charge in [0.1, 0.15) is 0 Å². The summed E-state index contributed by atoms with van der Waals surface area (Å²) in [6.07, 6.45) is 4.91. The third-order valence-electron chi connectivity index (χ3n) is 5.48. The molecule has 5 heteroatoms. The summed E-state index contributed by atoms with van der Waals surface area (Å²) in [6.45, 7) is 4.32. The zero-order valence-corrected chi connectivity index (χ0v) is 16.6. The van der Waals surface area contributed by atoms with Crippen LogP contribution in [0.15, 0.2) is 73.1 Å². The fourth-order valence-electron chi connectivity index (χ4n) is 3.64. The third-order valence-corrected chi connectivity index (χ3v) is 5.48. The molecule has 1 aliphatic heterocycles. The first-order valence-corrected chi connectivity index (χ1v) is 10.1. The van der Waals surface area contributed by atoms with Gasteiger partial charge in [0.25, 0.3) is 11.8 Å². The monoisotopic (exact) mass is 387 g/mol. The minimum Gasteiger partial charge on any atom is -0.335 e. The summed E-state index contributed by atoms with van der Waals surface area (Å²) < 4.78 is 2.01. The van der Waals surface area contributed by atoms with Crippen molar-refractivity contribution in [3.05, 3.63) is 89.7 Å². The van der Waals surface area contributed by atoms with Crippen molar-refractivity contribution in [3.63, 3.8) is 0 Å². The second-order valence-electron chi connectivity index (χ2n) is 7.27. The molecule has 0 bridgehead atoms. The molecule has 0 atom stereocenters. The summed E-state index contributed by atoms with van der Waals surface area (Å²) in [5.41, 5.74) is 3.63. The molecule has 1 aromatic heterocycles. The van der Waals surface area contributed by atoms with E-state index in [9.17, 15) is 9.59 Å². The third kappa shape index (κ3) is 4.09. The van der Waals surface area contributed by atoms with Crippen molar-refractivity contribution in [1.82, 2.24) is 14.4 Å². The average molecular weight is 387 g/mol. The minimum atomic E-state index is 0.0171. The number of hydrogen-bond donors (Lipinski definition) is 0. The Balaban J connectivity index is 1.36. The molecule has 1 saturated heterocycles. The standard InChI is InChI=1S/C24H25N3O2/c1-2-19-5-7-20(8-6-19)23(28)26-15-17-27(18-16-26)24(29)21-9-11-22(12-10-21)25-13-3-4-14-25/h3-14H,2,15-18H2,1H3. The van der Waals surface area contributed by atoms with Crippen molar-refractivity contribution in [3.8, 4) is 5.69 Å². The van der Waals surface area contributed by atoms with Crippen LogP contribution in [0, 0.1) is 0 Å². The van der Waals surface area contributed by atoms with E-state index in [1.165, 1.54) is 5.56 Å². The van der Waals surface area contributed by atoms with Gasteiger partial charge in [-0.1, -0.05) is 19.1 Å². The summed E-state index contributed by atoms with van der Waals surface area (Å²) in [7, 11) is 0. The van der Waals surface area contributed by atoms with Crippen LogP contribution >= 0.6 is 0 Å². The van der Waals surface area contributed by atoms with E-state index >= 15 is 0 Å². The highest BCUT2D eigenvalue weighted by atomic mass is 16.2. The van der Waals surface area contributed by atoms with E-state index in [1.54, 1.807) is 0 Å². The van der Waals surface area contributed by atoms with Crippen molar-refractivity contribution >= 4 is 11.8 Å². The summed E-state index contributed by atoms with van der Waals surface area (Å²) >= 11 is 0. The van der Waals surface area contributed by atoms with E-state index in [-0.39, 0.29) is 11.8 Å². The molecule has 148 valence electrons. The number of carbonyl (C=O) groups excluding carboxylic acids is 2. The number of carbonyl (C=O) groups is 2. The highest BCUT2D eigenvalue weighted by Crippen LogP contribution is 2.15. The van der Waals surface area contributed by atoms with Gasteiger partial charge >= 0.3 is 0 Å². The molecule has 0 spiro atoms. The lowest BCUT2D eigenvalue weighted by Gasteiger charge is -2.35. The molecule has 0 unspecified atom stereocenters. The number of aromatic nitrogens is 1. The average Bonchev–Trinajstić information content (AvgIpc) is 3.33. The normalized spacial score (nSPS) is 14.1. The molecular formula is C24H25N3O2. The second-order valence-corrected chi connectivity index (χ2v) is 7.27. The fraction of sp³-hybridized carbons (Fsp3) is 0.250. The molecule has 1 fully saturated rings. The van der Waals surface area contributed by atoms with Gasteiger partial charge in [0.05, 0.1) is 0 Å². The Bertz CT molecular complexity index is 968. The van der Waals surface area contributed by atoms with Crippen LogP contribution in [0.4, 0.5) is 0 Å². The van der Waals surface area contributed by atoms with Crippen LogP contribution in [0.25, 0.3) is 5.69 Å². The Morgan fingerprint density at radius 1 is 0.724 bits per heavy atom. The van der Waals surface area contributed by atoms with Gasteiger partial charge in [-0.25, -0.2) is 0 Å². The SMILES string of the molecule is CCc1ccc(C(=O)N2CCN(C(=O)c3ccc(-n4cccc4)cc3)CC2)cc1. The van der Waals surface area contributed by atoms with Crippen LogP contribution in [-0.4, -0.2) is 52.4 Å². The highest BCUT2D eigenvalue weighted by molar-refractivity contribution is 5.96. The molecule has 0 N–H and O–H groups in total. The molecule has 4 rings (SSSR count). The summed E-state index contributed by atoms with van der Waals surface area (Å²) in [4.78, 5) is 29.2. The second kappa shape index (κ2) is 8.35. The summed E-state index contributed by atoms with van der Waals surface area (Å²) in [5, 5.41) is 0. The van der Waals surface area contributed by atoms with E-state index in [4.69, 9.17) is 0 Å². The molecule has 2 amide bonds. The molecule has 0 aliphatic carbocycles. The molecule has 2 heterocycles. The first-order valence-electron chi connectivity index (χ1n) is 10.1. The molecule has 5 nitrogen and oxygen atoms in total. The van der Waals surface area contributed by atoms with Gasteiger partial charge in [0.15, 0.2) is 0 Å². The van der Waals surface area contributed by atoms with Gasteiger partial charge in [-0.15, -0.1) is 0 Å². The molecule has 29 heavy (non-hydrogen) atoms. The number of amides is 2. The van der Waals surface area contributed by atoms with Crippen molar-refractivity contribution in [2.24, 2.45) is 0 Å². The van der Waals surface area contributed by atoms with Crippen molar-refractivity contribution in [2.75, 3.05) is 26.2 Å². The maximum absolute atomic E-state index is 12.8. The lowest BCUT2D eigenvalue weighted by Crippen LogP contribution is -2.50. The van der Waals surface area contributed by atoms with Crippen molar-refractivity contribution in [1.29, 1.82) is 0 Å². The summed E-state index contributed by atoms with van der Waals surface area (Å²) in [5.74, 6) is 0.0549. The zero-order valence-electron chi connectivity index (χ0n) is 16.6. The van der Waals surface area contributed by atoms with Gasteiger partial charge in [-0.2, -0.15) is 0 Å².